The summed E-state index contributed by atoms with van der Waals surface area (Å²) in [6, 6.07) is 6.49. The van der Waals surface area contributed by atoms with Crippen molar-refractivity contribution in [1.82, 2.24) is 0 Å². The normalized spacial score (nSPS) is 9.47. The molecule has 1 aromatic rings. The van der Waals surface area contributed by atoms with E-state index < -0.39 is 12.6 Å². The molecule has 0 spiro atoms. The first-order chi connectivity index (χ1) is 7.99. The molecular weight excluding hydrogens is 222 g/mol. The fraction of sp³-hybridized carbons (Fsp3) is 0.167. The molecule has 0 aliphatic heterocycles. The highest BCUT2D eigenvalue weighted by Gasteiger charge is 2.04. The highest BCUT2D eigenvalue weighted by molar-refractivity contribution is 6.02. The lowest BCUT2D eigenvalue weighted by molar-refractivity contribution is -0.139. The number of hydrogen-bond donors (Lipinski definition) is 2. The highest BCUT2D eigenvalue weighted by Crippen LogP contribution is 2.17. The van der Waals surface area contributed by atoms with Gasteiger partial charge in [0.2, 0.25) is 0 Å². The fourth-order valence-electron chi connectivity index (χ4n) is 1.05. The van der Waals surface area contributed by atoms with Crippen LogP contribution in [0.15, 0.2) is 36.4 Å². The van der Waals surface area contributed by atoms with E-state index in [0.29, 0.717) is 17.0 Å². The smallest absolute Gasteiger partial charge is 0.341 e. The van der Waals surface area contributed by atoms with E-state index in [1.54, 1.807) is 31.2 Å². The zero-order chi connectivity index (χ0) is 12.8. The lowest BCUT2D eigenvalue weighted by Crippen LogP contribution is -2.12. The van der Waals surface area contributed by atoms with Crippen molar-refractivity contribution in [3.05, 3.63) is 36.4 Å². The van der Waals surface area contributed by atoms with E-state index >= 15 is 0 Å². The van der Waals surface area contributed by atoms with Crippen LogP contribution in [0, 0.1) is 0 Å². The molecule has 1 aromatic carbocycles. The van der Waals surface area contributed by atoms with Crippen molar-refractivity contribution in [3.8, 4) is 5.75 Å². The first kappa shape index (κ1) is 12.8. The molecule has 0 heterocycles. The molecule has 2 N–H and O–H groups in total. The van der Waals surface area contributed by atoms with Gasteiger partial charge < -0.3 is 15.2 Å². The maximum absolute atomic E-state index is 11.3. The van der Waals surface area contributed by atoms with Gasteiger partial charge in [-0.15, -0.1) is 0 Å². The van der Waals surface area contributed by atoms with Gasteiger partial charge in [0.25, 0.3) is 5.91 Å². The van der Waals surface area contributed by atoms with Gasteiger partial charge in [-0.25, -0.2) is 4.79 Å². The van der Waals surface area contributed by atoms with E-state index in [-0.39, 0.29) is 5.91 Å². The van der Waals surface area contributed by atoms with Crippen LogP contribution in [0.5, 0.6) is 5.75 Å². The average molecular weight is 235 g/mol. The second-order valence-corrected chi connectivity index (χ2v) is 3.44. The molecule has 0 bridgehead atoms. The van der Waals surface area contributed by atoms with Crippen LogP contribution in [0.2, 0.25) is 0 Å². The van der Waals surface area contributed by atoms with E-state index in [1.807, 2.05) is 0 Å². The van der Waals surface area contributed by atoms with E-state index in [1.165, 1.54) is 0 Å². The number of hydrogen-bond acceptors (Lipinski definition) is 3. The summed E-state index contributed by atoms with van der Waals surface area (Å²) < 4.78 is 4.98. The Morgan fingerprint density at radius 1 is 1.47 bits per heavy atom. The molecule has 1 amide bonds. The summed E-state index contributed by atoms with van der Waals surface area (Å²) in [5.74, 6) is -0.964. The molecule has 17 heavy (non-hydrogen) atoms. The molecule has 0 aliphatic rings. The number of nitrogens with one attached hydrogen (secondary N) is 1. The van der Waals surface area contributed by atoms with Crippen LogP contribution in [-0.4, -0.2) is 23.6 Å². The zero-order valence-electron chi connectivity index (χ0n) is 9.40. The third-order valence-corrected chi connectivity index (χ3v) is 1.84. The topological polar surface area (TPSA) is 75.6 Å². The number of rotatable bonds is 5. The number of benzene rings is 1. The van der Waals surface area contributed by atoms with Crippen molar-refractivity contribution in [2.45, 2.75) is 6.92 Å². The Labute approximate surface area is 98.7 Å². The van der Waals surface area contributed by atoms with Crippen molar-refractivity contribution < 1.29 is 19.4 Å². The molecule has 90 valence electrons. The Morgan fingerprint density at radius 3 is 2.76 bits per heavy atom. The van der Waals surface area contributed by atoms with E-state index in [4.69, 9.17) is 9.84 Å². The Hall–Kier alpha value is -2.30. The van der Waals surface area contributed by atoms with Crippen molar-refractivity contribution in [2.75, 3.05) is 11.9 Å². The minimum atomic E-state index is -1.05. The summed E-state index contributed by atoms with van der Waals surface area (Å²) in [5, 5.41) is 11.1. The number of ether oxygens (including phenoxy) is 1. The van der Waals surface area contributed by atoms with E-state index in [2.05, 4.69) is 11.9 Å². The van der Waals surface area contributed by atoms with Gasteiger partial charge in [-0.1, -0.05) is 12.6 Å². The molecule has 0 atom stereocenters. The Kier molecular flexibility index (Phi) is 4.28. The van der Waals surface area contributed by atoms with Gasteiger partial charge in [-0.05, 0) is 19.1 Å². The predicted molar refractivity (Wildman–Crippen MR) is 63.0 cm³/mol. The van der Waals surface area contributed by atoms with Crippen molar-refractivity contribution in [2.24, 2.45) is 0 Å². The SMILES string of the molecule is C=C(C)C(=O)Nc1cccc(OCC(=O)O)c1. The quantitative estimate of drug-likeness (QED) is 0.761. The Bertz CT molecular complexity index is 454. The minimum Gasteiger partial charge on any atom is -0.482 e. The average Bonchev–Trinajstić information content (AvgIpc) is 2.26. The van der Waals surface area contributed by atoms with Gasteiger partial charge in [0.15, 0.2) is 6.61 Å². The van der Waals surface area contributed by atoms with E-state index in [0.717, 1.165) is 0 Å². The van der Waals surface area contributed by atoms with Crippen molar-refractivity contribution in [1.29, 1.82) is 0 Å². The summed E-state index contributed by atoms with van der Waals surface area (Å²) >= 11 is 0. The maximum Gasteiger partial charge on any atom is 0.341 e. The molecule has 5 nitrogen and oxygen atoms in total. The largest absolute Gasteiger partial charge is 0.482 e. The predicted octanol–water partition coefficient (Wildman–Crippen LogP) is 1.66. The lowest BCUT2D eigenvalue weighted by atomic mass is 10.2. The second kappa shape index (κ2) is 5.69. The second-order valence-electron chi connectivity index (χ2n) is 3.44. The number of aliphatic carboxylic acids is 1. The summed E-state index contributed by atoms with van der Waals surface area (Å²) in [4.78, 5) is 21.7. The number of anilines is 1. The van der Waals surface area contributed by atoms with Crippen LogP contribution >= 0.6 is 0 Å². The maximum atomic E-state index is 11.3. The van der Waals surface area contributed by atoms with Crippen LogP contribution < -0.4 is 10.1 Å². The van der Waals surface area contributed by atoms with Gasteiger partial charge >= 0.3 is 5.97 Å². The molecule has 0 aromatic heterocycles. The summed E-state index contributed by atoms with van der Waals surface area (Å²) in [5.41, 5.74) is 0.919. The van der Waals surface area contributed by atoms with Crippen molar-refractivity contribution >= 4 is 17.6 Å². The summed E-state index contributed by atoms with van der Waals surface area (Å²) in [7, 11) is 0. The van der Waals surface area contributed by atoms with Crippen molar-refractivity contribution in [3.63, 3.8) is 0 Å². The number of carboxylic acid groups (broad SMARTS) is 1. The summed E-state index contributed by atoms with van der Waals surface area (Å²) in [6.07, 6.45) is 0. The lowest BCUT2D eigenvalue weighted by Gasteiger charge is -2.07. The monoisotopic (exact) mass is 235 g/mol. The molecule has 0 unspecified atom stereocenters. The van der Waals surface area contributed by atoms with Gasteiger partial charge in [0.1, 0.15) is 5.75 Å². The van der Waals surface area contributed by atoms with Crippen LogP contribution in [0.1, 0.15) is 6.92 Å². The number of carbonyl (C=O) groups excluding carboxylic acids is 1. The standard InChI is InChI=1S/C12H13NO4/c1-8(2)12(16)13-9-4-3-5-10(6-9)17-7-11(14)15/h3-6H,1,7H2,2H3,(H,13,16)(H,14,15). The van der Waals surface area contributed by atoms with Crippen LogP contribution in [0.3, 0.4) is 0 Å². The van der Waals surface area contributed by atoms with Gasteiger partial charge in [0, 0.05) is 17.3 Å². The first-order valence-electron chi connectivity index (χ1n) is 4.90. The van der Waals surface area contributed by atoms with E-state index in [9.17, 15) is 9.59 Å². The molecule has 0 fully saturated rings. The minimum absolute atomic E-state index is 0.291. The first-order valence-corrected chi connectivity index (χ1v) is 4.90. The highest BCUT2D eigenvalue weighted by atomic mass is 16.5. The van der Waals surface area contributed by atoms with Gasteiger partial charge in [0.05, 0.1) is 0 Å². The van der Waals surface area contributed by atoms with Crippen LogP contribution in [0.4, 0.5) is 5.69 Å². The number of carboxylic acids is 1. The Morgan fingerprint density at radius 2 is 2.18 bits per heavy atom. The number of amides is 1. The molecule has 0 saturated carbocycles. The summed E-state index contributed by atoms with van der Waals surface area (Å²) in [6.45, 7) is 4.69. The zero-order valence-corrected chi connectivity index (χ0v) is 9.40. The molecule has 5 heteroatoms. The Balaban J connectivity index is 2.68. The van der Waals surface area contributed by atoms with Gasteiger partial charge in [-0.3, -0.25) is 4.79 Å². The number of carbonyl (C=O) groups is 2. The molecule has 0 radical (unpaired) electrons. The van der Waals surface area contributed by atoms with Gasteiger partial charge in [-0.2, -0.15) is 0 Å². The molecule has 1 rings (SSSR count). The molecule has 0 aliphatic carbocycles. The third kappa shape index (κ3) is 4.38. The third-order valence-electron chi connectivity index (χ3n) is 1.84. The molecule has 0 saturated heterocycles. The van der Waals surface area contributed by atoms with Crippen LogP contribution in [-0.2, 0) is 9.59 Å². The fourth-order valence-corrected chi connectivity index (χ4v) is 1.05. The van der Waals surface area contributed by atoms with Crippen LogP contribution in [0.25, 0.3) is 0 Å². The molecular formula is C12H13NO4.